The van der Waals surface area contributed by atoms with Crippen molar-refractivity contribution >= 4 is 21.6 Å². The summed E-state index contributed by atoms with van der Waals surface area (Å²) in [5.74, 6) is -0.00908. The van der Waals surface area contributed by atoms with Gasteiger partial charge in [-0.3, -0.25) is 4.79 Å². The molecule has 31 heavy (non-hydrogen) atoms. The summed E-state index contributed by atoms with van der Waals surface area (Å²) in [5, 5.41) is 6.79. The first-order chi connectivity index (χ1) is 15.0. The molecule has 0 spiro atoms. The van der Waals surface area contributed by atoms with Crippen LogP contribution in [-0.2, 0) is 10.0 Å². The Morgan fingerprint density at radius 1 is 1.16 bits per heavy atom. The highest BCUT2D eigenvalue weighted by Crippen LogP contribution is 2.30. The third kappa shape index (κ3) is 4.47. The number of methoxy groups -OCH3 is 1. The number of aromatic nitrogens is 1. The monoisotopic (exact) mass is 441 g/mol. The molecule has 1 aliphatic heterocycles. The van der Waals surface area contributed by atoms with E-state index in [9.17, 15) is 13.2 Å². The van der Waals surface area contributed by atoms with E-state index < -0.39 is 15.9 Å². The van der Waals surface area contributed by atoms with Gasteiger partial charge in [0.1, 0.15) is 5.75 Å². The number of hydrogen-bond donors (Lipinski definition) is 1. The van der Waals surface area contributed by atoms with E-state index in [4.69, 9.17) is 9.26 Å². The normalized spacial score (nSPS) is 17.3. The average molecular weight is 442 g/mol. The van der Waals surface area contributed by atoms with Crippen LogP contribution in [0.25, 0.3) is 0 Å². The maximum absolute atomic E-state index is 12.9. The number of piperidine rings is 1. The molecule has 1 aliphatic rings. The smallest absolute Gasteiger partial charge is 0.294 e. The number of sulfonamides is 1. The van der Waals surface area contributed by atoms with Crippen molar-refractivity contribution in [2.75, 3.05) is 25.5 Å². The number of rotatable bonds is 6. The van der Waals surface area contributed by atoms with Crippen LogP contribution in [0.4, 0.5) is 5.69 Å². The van der Waals surface area contributed by atoms with Crippen molar-refractivity contribution < 1.29 is 22.5 Å². The van der Waals surface area contributed by atoms with E-state index in [0.29, 0.717) is 30.1 Å². The first-order valence-corrected chi connectivity index (χ1v) is 11.4. The predicted molar refractivity (Wildman–Crippen MR) is 115 cm³/mol. The first-order valence-electron chi connectivity index (χ1n) is 9.95. The highest BCUT2D eigenvalue weighted by atomic mass is 32.2. The van der Waals surface area contributed by atoms with Crippen molar-refractivity contribution in [3.8, 4) is 5.75 Å². The fraction of sp³-hybridized carbons (Fsp3) is 0.273. The van der Waals surface area contributed by atoms with Crippen molar-refractivity contribution in [2.45, 2.75) is 23.7 Å². The second-order valence-corrected chi connectivity index (χ2v) is 9.22. The Hall–Kier alpha value is -3.17. The number of anilines is 1. The lowest BCUT2D eigenvalue weighted by Gasteiger charge is -2.30. The number of carbonyl (C=O) groups excluding carboxylic acids is 1. The Balaban J connectivity index is 1.48. The Morgan fingerprint density at radius 2 is 1.90 bits per heavy atom. The maximum Gasteiger partial charge on any atom is 0.294 e. The molecule has 4 rings (SSSR count). The minimum Gasteiger partial charge on any atom is -0.495 e. The van der Waals surface area contributed by atoms with E-state index in [0.717, 1.165) is 6.42 Å². The van der Waals surface area contributed by atoms with Gasteiger partial charge in [0.2, 0.25) is 15.8 Å². The van der Waals surface area contributed by atoms with E-state index in [1.807, 2.05) is 0 Å². The number of hydrogen-bond acceptors (Lipinski definition) is 6. The van der Waals surface area contributed by atoms with Crippen LogP contribution in [0.2, 0.25) is 0 Å². The molecule has 2 aromatic carbocycles. The molecular formula is C22H23N3O5S. The Labute approximate surface area is 180 Å². The number of carbonyl (C=O) groups is 1. The maximum atomic E-state index is 12.9. The minimum atomic E-state index is -3.58. The van der Waals surface area contributed by atoms with Gasteiger partial charge in [-0.2, -0.15) is 4.31 Å². The van der Waals surface area contributed by atoms with Gasteiger partial charge in [-0.1, -0.05) is 35.5 Å². The van der Waals surface area contributed by atoms with Gasteiger partial charge in [0.15, 0.2) is 0 Å². The lowest BCUT2D eigenvalue weighted by Crippen LogP contribution is -2.39. The number of ether oxygens (including phenoxy) is 1. The van der Waals surface area contributed by atoms with E-state index in [1.165, 1.54) is 11.4 Å². The van der Waals surface area contributed by atoms with Crippen LogP contribution < -0.4 is 10.1 Å². The standard InChI is InChI=1S/C22H23N3O5S/c1-29-20-12-6-5-11-18(20)23-22(26)21-14-19(24-30-21)16-8-7-13-25(15-16)31(27,28)17-9-3-2-4-10-17/h2-6,9-12,14,16H,7-8,13,15H2,1H3,(H,23,26)/t16-/m0/s1. The van der Waals surface area contributed by atoms with Crippen LogP contribution >= 0.6 is 0 Å². The molecule has 8 nitrogen and oxygen atoms in total. The summed E-state index contributed by atoms with van der Waals surface area (Å²) < 4.78 is 37.9. The largest absolute Gasteiger partial charge is 0.495 e. The fourth-order valence-corrected chi connectivity index (χ4v) is 5.21. The van der Waals surface area contributed by atoms with Crippen LogP contribution in [0.1, 0.15) is 35.0 Å². The van der Waals surface area contributed by atoms with Crippen molar-refractivity contribution in [1.29, 1.82) is 0 Å². The Morgan fingerprint density at radius 3 is 2.68 bits per heavy atom. The number of amides is 1. The molecule has 162 valence electrons. The zero-order chi connectivity index (χ0) is 21.8. The molecule has 2 heterocycles. The molecule has 0 aliphatic carbocycles. The molecule has 1 N–H and O–H groups in total. The van der Waals surface area contributed by atoms with Crippen LogP contribution in [-0.4, -0.2) is 44.0 Å². The summed E-state index contributed by atoms with van der Waals surface area (Å²) in [6.07, 6.45) is 1.47. The quantitative estimate of drug-likeness (QED) is 0.628. The topological polar surface area (TPSA) is 102 Å². The molecule has 0 unspecified atom stereocenters. The zero-order valence-corrected chi connectivity index (χ0v) is 17.8. The van der Waals surface area contributed by atoms with Crippen LogP contribution in [0.5, 0.6) is 5.75 Å². The molecule has 1 atom stereocenters. The molecular weight excluding hydrogens is 418 g/mol. The molecule has 0 saturated carbocycles. The van der Waals surface area contributed by atoms with Crippen molar-refractivity contribution in [2.24, 2.45) is 0 Å². The Bertz CT molecular complexity index is 1160. The highest BCUT2D eigenvalue weighted by molar-refractivity contribution is 7.89. The molecule has 1 fully saturated rings. The highest BCUT2D eigenvalue weighted by Gasteiger charge is 2.32. The summed E-state index contributed by atoms with van der Waals surface area (Å²) in [4.78, 5) is 12.9. The van der Waals surface area contributed by atoms with Gasteiger partial charge in [-0.25, -0.2) is 8.42 Å². The first kappa shape index (κ1) is 21.1. The second-order valence-electron chi connectivity index (χ2n) is 7.29. The summed E-state index contributed by atoms with van der Waals surface area (Å²) in [6.45, 7) is 0.740. The van der Waals surface area contributed by atoms with Gasteiger partial charge >= 0.3 is 0 Å². The van der Waals surface area contributed by atoms with E-state index in [-0.39, 0.29) is 23.1 Å². The lowest BCUT2D eigenvalue weighted by molar-refractivity contribution is 0.0987. The van der Waals surface area contributed by atoms with Crippen molar-refractivity contribution in [1.82, 2.24) is 9.46 Å². The number of para-hydroxylation sites is 2. The van der Waals surface area contributed by atoms with Gasteiger partial charge in [0, 0.05) is 25.1 Å². The van der Waals surface area contributed by atoms with Crippen LogP contribution in [0.15, 0.2) is 70.1 Å². The molecule has 1 amide bonds. The Kier molecular flexibility index (Phi) is 6.06. The average Bonchev–Trinajstić information content (AvgIpc) is 3.31. The zero-order valence-electron chi connectivity index (χ0n) is 17.0. The molecule has 9 heteroatoms. The number of benzene rings is 2. The van der Waals surface area contributed by atoms with Gasteiger partial charge in [-0.15, -0.1) is 0 Å². The third-order valence-electron chi connectivity index (χ3n) is 5.29. The second kappa shape index (κ2) is 8.91. The van der Waals surface area contributed by atoms with Crippen LogP contribution in [0, 0.1) is 0 Å². The molecule has 3 aromatic rings. The van der Waals surface area contributed by atoms with Crippen LogP contribution in [0.3, 0.4) is 0 Å². The number of nitrogens with one attached hydrogen (secondary N) is 1. The summed E-state index contributed by atoms with van der Waals surface area (Å²) in [6, 6.07) is 17.0. The van der Waals surface area contributed by atoms with Gasteiger partial charge < -0.3 is 14.6 Å². The summed E-state index contributed by atoms with van der Waals surface area (Å²) in [7, 11) is -2.06. The van der Waals surface area contributed by atoms with E-state index >= 15 is 0 Å². The molecule has 0 radical (unpaired) electrons. The molecule has 1 aromatic heterocycles. The van der Waals surface area contributed by atoms with Gasteiger partial charge in [0.05, 0.1) is 23.4 Å². The van der Waals surface area contributed by atoms with Gasteiger partial charge in [0.25, 0.3) is 5.91 Å². The van der Waals surface area contributed by atoms with E-state index in [1.54, 1.807) is 60.7 Å². The summed E-state index contributed by atoms with van der Waals surface area (Å²) >= 11 is 0. The molecule has 0 bridgehead atoms. The number of nitrogens with zero attached hydrogens (tertiary/aromatic N) is 2. The molecule has 1 saturated heterocycles. The lowest BCUT2D eigenvalue weighted by atomic mass is 9.96. The summed E-state index contributed by atoms with van der Waals surface area (Å²) in [5.41, 5.74) is 1.09. The predicted octanol–water partition coefficient (Wildman–Crippen LogP) is 3.50. The van der Waals surface area contributed by atoms with Gasteiger partial charge in [-0.05, 0) is 37.1 Å². The third-order valence-corrected chi connectivity index (χ3v) is 7.17. The minimum absolute atomic E-state index is 0.0592. The SMILES string of the molecule is COc1ccccc1NC(=O)c1cc([C@H]2CCCN(S(=O)(=O)c3ccccc3)C2)no1. The van der Waals surface area contributed by atoms with Crippen molar-refractivity contribution in [3.63, 3.8) is 0 Å². The van der Waals surface area contributed by atoms with E-state index in [2.05, 4.69) is 10.5 Å². The van der Waals surface area contributed by atoms with Crippen molar-refractivity contribution in [3.05, 3.63) is 72.1 Å². The fourth-order valence-electron chi connectivity index (χ4n) is 3.66.